The Bertz CT molecular complexity index is 447. The van der Waals surface area contributed by atoms with Crippen LogP contribution in [0.5, 0.6) is 0 Å². The zero-order valence-electron chi connectivity index (χ0n) is 9.87. The maximum absolute atomic E-state index is 3.80. The first-order valence-corrected chi connectivity index (χ1v) is 5.88. The van der Waals surface area contributed by atoms with Crippen LogP contribution in [0.25, 0.3) is 6.08 Å². The van der Waals surface area contributed by atoms with Crippen molar-refractivity contribution < 1.29 is 0 Å². The smallest absolute Gasteiger partial charge is 0.00973 e. The second kappa shape index (κ2) is 4.98. The summed E-state index contributed by atoms with van der Waals surface area (Å²) in [4.78, 5) is 0. The summed E-state index contributed by atoms with van der Waals surface area (Å²) >= 11 is 0. The van der Waals surface area contributed by atoms with Crippen molar-refractivity contribution in [3.05, 3.63) is 65.3 Å². The molecular weight excluding hydrogens is 192 g/mol. The van der Waals surface area contributed by atoms with Gasteiger partial charge in [-0.3, -0.25) is 0 Å². The molecule has 0 heterocycles. The topological polar surface area (TPSA) is 0 Å². The quantitative estimate of drug-likeness (QED) is 0.646. The van der Waals surface area contributed by atoms with Crippen LogP contribution in [0.15, 0.2) is 48.6 Å². The molecule has 1 aliphatic carbocycles. The number of allylic oxidation sites excluding steroid dienone is 4. The molecule has 0 amide bonds. The Morgan fingerprint density at radius 2 is 2.25 bits per heavy atom. The molecule has 0 heteroatoms. The van der Waals surface area contributed by atoms with E-state index in [1.54, 1.807) is 0 Å². The van der Waals surface area contributed by atoms with Crippen LogP contribution >= 0.6 is 0 Å². The summed E-state index contributed by atoms with van der Waals surface area (Å²) in [5.41, 5.74) is 5.56. The van der Waals surface area contributed by atoms with Crippen molar-refractivity contribution in [2.45, 2.75) is 26.2 Å². The van der Waals surface area contributed by atoms with Gasteiger partial charge in [-0.05, 0) is 48.4 Å². The van der Waals surface area contributed by atoms with E-state index in [0.717, 1.165) is 6.42 Å². The van der Waals surface area contributed by atoms with E-state index >= 15 is 0 Å². The Hall–Kier alpha value is -1.56. The van der Waals surface area contributed by atoms with Gasteiger partial charge in [-0.1, -0.05) is 42.5 Å². The molecule has 0 nitrogen and oxygen atoms in total. The van der Waals surface area contributed by atoms with Crippen LogP contribution in [0.2, 0.25) is 0 Å². The zero-order valence-corrected chi connectivity index (χ0v) is 9.87. The largest absolute Gasteiger partial charge is 0.103 e. The van der Waals surface area contributed by atoms with Gasteiger partial charge in [0.25, 0.3) is 0 Å². The molecule has 0 unspecified atom stereocenters. The fourth-order valence-corrected chi connectivity index (χ4v) is 2.12. The van der Waals surface area contributed by atoms with Gasteiger partial charge < -0.3 is 0 Å². The molecule has 0 saturated heterocycles. The first-order valence-electron chi connectivity index (χ1n) is 5.88. The van der Waals surface area contributed by atoms with Crippen LogP contribution < -0.4 is 0 Å². The van der Waals surface area contributed by atoms with E-state index in [9.17, 15) is 0 Å². The van der Waals surface area contributed by atoms with Gasteiger partial charge in [0.05, 0.1) is 0 Å². The van der Waals surface area contributed by atoms with Gasteiger partial charge in [-0.2, -0.15) is 0 Å². The molecule has 0 saturated carbocycles. The normalized spacial score (nSPS) is 16.9. The standard InChI is InChI=1S/C16H18/c1-3-7-15-10-6-11-16(13(15)2)12-14-8-4-5-9-14/h3-4,6,8,10-12H,1,5,7,9H2,2H3. The van der Waals surface area contributed by atoms with Gasteiger partial charge in [-0.15, -0.1) is 6.58 Å². The SMILES string of the molecule is C=CCc1cccc(C=C2C=CCC2)c1C. The molecule has 0 atom stereocenters. The maximum Gasteiger partial charge on any atom is -0.00973 e. The Morgan fingerprint density at radius 3 is 2.94 bits per heavy atom. The second-order valence-corrected chi connectivity index (χ2v) is 4.28. The Balaban J connectivity index is 2.33. The van der Waals surface area contributed by atoms with Crippen molar-refractivity contribution in [3.8, 4) is 0 Å². The van der Waals surface area contributed by atoms with E-state index in [1.807, 2.05) is 6.08 Å². The molecule has 0 fully saturated rings. The van der Waals surface area contributed by atoms with Gasteiger partial charge in [-0.25, -0.2) is 0 Å². The van der Waals surface area contributed by atoms with Crippen molar-refractivity contribution in [3.63, 3.8) is 0 Å². The average Bonchev–Trinajstić information content (AvgIpc) is 2.77. The van der Waals surface area contributed by atoms with E-state index in [-0.39, 0.29) is 0 Å². The molecule has 1 aromatic carbocycles. The van der Waals surface area contributed by atoms with Gasteiger partial charge in [0, 0.05) is 0 Å². The maximum atomic E-state index is 3.80. The number of hydrogen-bond acceptors (Lipinski definition) is 0. The summed E-state index contributed by atoms with van der Waals surface area (Å²) in [6, 6.07) is 6.52. The molecule has 1 aliphatic rings. The lowest BCUT2D eigenvalue weighted by Crippen LogP contribution is -1.90. The van der Waals surface area contributed by atoms with Crippen molar-refractivity contribution >= 4 is 6.08 Å². The predicted octanol–water partition coefficient (Wildman–Crippen LogP) is 4.46. The van der Waals surface area contributed by atoms with Crippen LogP contribution in [0.3, 0.4) is 0 Å². The Labute approximate surface area is 98.0 Å². The van der Waals surface area contributed by atoms with E-state index < -0.39 is 0 Å². The number of hydrogen-bond donors (Lipinski definition) is 0. The van der Waals surface area contributed by atoms with E-state index in [1.165, 1.54) is 35.1 Å². The summed E-state index contributed by atoms with van der Waals surface area (Å²) in [7, 11) is 0. The van der Waals surface area contributed by atoms with E-state index in [4.69, 9.17) is 0 Å². The second-order valence-electron chi connectivity index (χ2n) is 4.28. The van der Waals surface area contributed by atoms with Crippen molar-refractivity contribution in [2.24, 2.45) is 0 Å². The molecule has 0 spiro atoms. The third-order valence-electron chi connectivity index (χ3n) is 3.12. The predicted molar refractivity (Wildman–Crippen MR) is 71.4 cm³/mol. The molecular formula is C16H18. The lowest BCUT2D eigenvalue weighted by atomic mass is 9.98. The van der Waals surface area contributed by atoms with Gasteiger partial charge >= 0.3 is 0 Å². The number of benzene rings is 1. The first-order chi connectivity index (χ1) is 7.81. The lowest BCUT2D eigenvalue weighted by Gasteiger charge is -2.07. The fraction of sp³-hybridized carbons (Fsp3) is 0.250. The monoisotopic (exact) mass is 210 g/mol. The average molecular weight is 210 g/mol. The van der Waals surface area contributed by atoms with Gasteiger partial charge in [0.2, 0.25) is 0 Å². The third kappa shape index (κ3) is 2.33. The molecule has 0 bridgehead atoms. The van der Waals surface area contributed by atoms with Crippen molar-refractivity contribution in [1.29, 1.82) is 0 Å². The van der Waals surface area contributed by atoms with Crippen LogP contribution in [0, 0.1) is 6.92 Å². The minimum Gasteiger partial charge on any atom is -0.103 e. The van der Waals surface area contributed by atoms with Crippen LogP contribution in [0.1, 0.15) is 29.5 Å². The molecule has 16 heavy (non-hydrogen) atoms. The molecule has 0 aromatic heterocycles. The fourth-order valence-electron chi connectivity index (χ4n) is 2.12. The molecule has 0 N–H and O–H groups in total. The van der Waals surface area contributed by atoms with E-state index in [2.05, 4.69) is 49.9 Å². The Morgan fingerprint density at radius 1 is 1.38 bits per heavy atom. The van der Waals surface area contributed by atoms with E-state index in [0.29, 0.717) is 0 Å². The van der Waals surface area contributed by atoms with Crippen LogP contribution in [-0.2, 0) is 6.42 Å². The number of rotatable bonds is 3. The van der Waals surface area contributed by atoms with Crippen molar-refractivity contribution in [1.82, 2.24) is 0 Å². The highest BCUT2D eigenvalue weighted by Gasteiger charge is 2.03. The highest BCUT2D eigenvalue weighted by molar-refractivity contribution is 5.61. The summed E-state index contributed by atoms with van der Waals surface area (Å²) in [6.07, 6.45) is 12.1. The molecule has 0 radical (unpaired) electrons. The molecule has 0 aliphatic heterocycles. The van der Waals surface area contributed by atoms with Gasteiger partial charge in [0.1, 0.15) is 0 Å². The Kier molecular flexibility index (Phi) is 3.40. The minimum absolute atomic E-state index is 0.957. The highest BCUT2D eigenvalue weighted by Crippen LogP contribution is 2.22. The minimum atomic E-state index is 0.957. The summed E-state index contributed by atoms with van der Waals surface area (Å²) in [5, 5.41) is 0. The van der Waals surface area contributed by atoms with Crippen molar-refractivity contribution in [2.75, 3.05) is 0 Å². The lowest BCUT2D eigenvalue weighted by molar-refractivity contribution is 1.07. The third-order valence-corrected chi connectivity index (χ3v) is 3.12. The molecule has 1 aromatic rings. The summed E-state index contributed by atoms with van der Waals surface area (Å²) in [5.74, 6) is 0. The molecule has 2 rings (SSSR count). The highest BCUT2D eigenvalue weighted by atomic mass is 14.1. The first kappa shape index (κ1) is 10.9. The summed E-state index contributed by atoms with van der Waals surface area (Å²) in [6.45, 7) is 6.00. The van der Waals surface area contributed by atoms with Gasteiger partial charge in [0.15, 0.2) is 0 Å². The zero-order chi connectivity index (χ0) is 11.4. The van der Waals surface area contributed by atoms with Crippen LogP contribution in [-0.4, -0.2) is 0 Å². The van der Waals surface area contributed by atoms with Crippen LogP contribution in [0.4, 0.5) is 0 Å². The summed E-state index contributed by atoms with van der Waals surface area (Å²) < 4.78 is 0. The molecule has 82 valence electrons.